The molecule has 0 unspecified atom stereocenters. The molecular formula is C23H28N4O4S2. The van der Waals surface area contributed by atoms with Crippen molar-refractivity contribution in [1.29, 1.82) is 0 Å². The van der Waals surface area contributed by atoms with Gasteiger partial charge in [-0.05, 0) is 51.3 Å². The molecule has 3 heterocycles. The van der Waals surface area contributed by atoms with Crippen LogP contribution in [0.3, 0.4) is 0 Å². The molecule has 1 amide bonds. The fourth-order valence-electron chi connectivity index (χ4n) is 4.02. The van der Waals surface area contributed by atoms with E-state index in [-0.39, 0.29) is 10.8 Å². The summed E-state index contributed by atoms with van der Waals surface area (Å²) >= 11 is 1.31. The Morgan fingerprint density at radius 3 is 2.55 bits per heavy atom. The Balaban J connectivity index is 1.67. The third kappa shape index (κ3) is 4.49. The van der Waals surface area contributed by atoms with Crippen molar-refractivity contribution in [3.8, 4) is 16.5 Å². The number of hydrogen-bond acceptors (Lipinski definition) is 6. The SMILES string of the molecule is COc1ccccc1NS(=O)(=O)c1cc(-c2nc(C)c(C(=O)N3CCCCC3)s2)n(C)c1C. The highest BCUT2D eigenvalue weighted by Crippen LogP contribution is 2.34. The topological polar surface area (TPSA) is 93.5 Å². The number of aryl methyl sites for hydroxylation is 1. The Bertz CT molecular complexity index is 1290. The lowest BCUT2D eigenvalue weighted by Crippen LogP contribution is -2.35. The standard InChI is InChI=1S/C23H28N4O4S2/c1-15-21(23(28)27-12-8-5-9-13-27)32-22(24-15)18-14-20(16(2)26(18)3)33(29,30)25-17-10-6-7-11-19(17)31-4/h6-7,10-11,14,25H,5,8-9,12-13H2,1-4H3. The Labute approximate surface area is 198 Å². The molecule has 176 valence electrons. The molecule has 0 atom stereocenters. The van der Waals surface area contributed by atoms with Gasteiger partial charge in [-0.2, -0.15) is 0 Å². The van der Waals surface area contributed by atoms with E-state index in [0.29, 0.717) is 38.4 Å². The number of likely N-dealkylation sites (tertiary alicyclic amines) is 1. The molecule has 2 aromatic heterocycles. The second kappa shape index (κ2) is 9.18. The molecule has 0 bridgehead atoms. The van der Waals surface area contributed by atoms with Gasteiger partial charge in [0.2, 0.25) is 0 Å². The van der Waals surface area contributed by atoms with E-state index in [1.165, 1.54) is 18.4 Å². The molecule has 4 rings (SSSR count). The molecular weight excluding hydrogens is 460 g/mol. The van der Waals surface area contributed by atoms with Crippen molar-refractivity contribution in [2.45, 2.75) is 38.0 Å². The van der Waals surface area contributed by atoms with Crippen molar-refractivity contribution >= 4 is 33.0 Å². The van der Waals surface area contributed by atoms with Crippen LogP contribution < -0.4 is 9.46 Å². The first-order chi connectivity index (χ1) is 15.7. The number of nitrogens with one attached hydrogen (secondary N) is 1. The zero-order chi connectivity index (χ0) is 23.8. The fraction of sp³-hybridized carbons (Fsp3) is 0.391. The molecule has 0 spiro atoms. The number of methoxy groups -OCH3 is 1. The zero-order valence-electron chi connectivity index (χ0n) is 19.2. The number of carbonyl (C=O) groups excluding carboxylic acids is 1. The Morgan fingerprint density at radius 2 is 1.85 bits per heavy atom. The number of ether oxygens (including phenoxy) is 1. The molecule has 8 nitrogen and oxygen atoms in total. The van der Waals surface area contributed by atoms with E-state index < -0.39 is 10.0 Å². The molecule has 0 saturated carbocycles. The molecule has 0 aliphatic carbocycles. The van der Waals surface area contributed by atoms with Gasteiger partial charge in [-0.25, -0.2) is 13.4 Å². The highest BCUT2D eigenvalue weighted by molar-refractivity contribution is 7.92. The average Bonchev–Trinajstić information content (AvgIpc) is 3.34. The van der Waals surface area contributed by atoms with Gasteiger partial charge in [-0.3, -0.25) is 9.52 Å². The van der Waals surface area contributed by atoms with Crippen LogP contribution in [0, 0.1) is 13.8 Å². The first-order valence-electron chi connectivity index (χ1n) is 10.8. The van der Waals surface area contributed by atoms with Crippen LogP contribution in [-0.4, -0.2) is 49.0 Å². The van der Waals surface area contributed by atoms with Gasteiger partial charge in [0.05, 0.1) is 24.2 Å². The van der Waals surface area contributed by atoms with Crippen molar-refractivity contribution < 1.29 is 17.9 Å². The lowest BCUT2D eigenvalue weighted by Gasteiger charge is -2.26. The molecule has 10 heteroatoms. The van der Waals surface area contributed by atoms with Crippen LogP contribution in [0.4, 0.5) is 5.69 Å². The molecule has 3 aromatic rings. The molecule has 1 aliphatic rings. The first kappa shape index (κ1) is 23.3. The van der Waals surface area contributed by atoms with Crippen LogP contribution in [0.15, 0.2) is 35.2 Å². The van der Waals surface area contributed by atoms with Crippen LogP contribution in [0.5, 0.6) is 5.75 Å². The number of nitrogens with zero attached hydrogens (tertiary/aromatic N) is 3. The minimum Gasteiger partial charge on any atom is -0.495 e. The molecule has 1 aliphatic heterocycles. The maximum Gasteiger partial charge on any atom is 0.265 e. The number of carbonyl (C=O) groups is 1. The van der Waals surface area contributed by atoms with Crippen LogP contribution in [-0.2, 0) is 17.1 Å². The Hall–Kier alpha value is -2.85. The summed E-state index contributed by atoms with van der Waals surface area (Å²) in [5.41, 5.74) is 2.26. The number of piperidine rings is 1. The summed E-state index contributed by atoms with van der Waals surface area (Å²) in [6, 6.07) is 8.47. The summed E-state index contributed by atoms with van der Waals surface area (Å²) in [7, 11) is -0.578. The molecule has 0 radical (unpaired) electrons. The smallest absolute Gasteiger partial charge is 0.265 e. The highest BCUT2D eigenvalue weighted by Gasteiger charge is 2.27. The van der Waals surface area contributed by atoms with E-state index in [2.05, 4.69) is 9.71 Å². The van der Waals surface area contributed by atoms with Crippen molar-refractivity contribution in [3.05, 3.63) is 46.6 Å². The van der Waals surface area contributed by atoms with E-state index in [4.69, 9.17) is 4.74 Å². The number of rotatable bonds is 6. The normalized spacial score (nSPS) is 14.4. The Kier molecular flexibility index (Phi) is 6.49. The number of amides is 1. The quantitative estimate of drug-likeness (QED) is 0.561. The van der Waals surface area contributed by atoms with Crippen LogP contribution in [0.2, 0.25) is 0 Å². The van der Waals surface area contributed by atoms with Gasteiger partial charge < -0.3 is 14.2 Å². The Morgan fingerprint density at radius 1 is 1.15 bits per heavy atom. The van der Waals surface area contributed by atoms with Gasteiger partial charge in [-0.15, -0.1) is 11.3 Å². The van der Waals surface area contributed by atoms with E-state index in [0.717, 1.165) is 32.4 Å². The maximum atomic E-state index is 13.2. The monoisotopic (exact) mass is 488 g/mol. The third-order valence-electron chi connectivity index (χ3n) is 5.98. The number of aromatic nitrogens is 2. The predicted molar refractivity (Wildman–Crippen MR) is 130 cm³/mol. The van der Waals surface area contributed by atoms with Gasteiger partial charge in [0.15, 0.2) is 0 Å². The molecule has 33 heavy (non-hydrogen) atoms. The highest BCUT2D eigenvalue weighted by atomic mass is 32.2. The van der Waals surface area contributed by atoms with Gasteiger partial charge in [0, 0.05) is 25.8 Å². The van der Waals surface area contributed by atoms with Gasteiger partial charge in [0.1, 0.15) is 20.5 Å². The molecule has 1 fully saturated rings. The number of thiazole rings is 1. The second-order valence-corrected chi connectivity index (χ2v) is 10.8. The summed E-state index contributed by atoms with van der Waals surface area (Å²) in [5.74, 6) is 0.443. The molecule has 1 saturated heterocycles. The van der Waals surface area contributed by atoms with Gasteiger partial charge in [-0.1, -0.05) is 12.1 Å². The number of anilines is 1. The first-order valence-corrected chi connectivity index (χ1v) is 13.1. The number of para-hydroxylation sites is 2. The van der Waals surface area contributed by atoms with E-state index >= 15 is 0 Å². The summed E-state index contributed by atoms with van der Waals surface area (Å²) in [5, 5.41) is 0.622. The predicted octanol–water partition coefficient (Wildman–Crippen LogP) is 4.20. The summed E-state index contributed by atoms with van der Waals surface area (Å²) in [6.07, 6.45) is 3.20. The van der Waals surface area contributed by atoms with E-state index in [9.17, 15) is 13.2 Å². The minimum absolute atomic E-state index is 0.00701. The average molecular weight is 489 g/mol. The number of sulfonamides is 1. The summed E-state index contributed by atoms with van der Waals surface area (Å²) in [4.78, 5) is 20.3. The fourth-order valence-corrected chi connectivity index (χ4v) is 6.47. The van der Waals surface area contributed by atoms with E-state index in [1.807, 2.05) is 11.8 Å². The third-order valence-corrected chi connectivity index (χ3v) is 8.63. The second-order valence-electron chi connectivity index (χ2n) is 8.13. The van der Waals surface area contributed by atoms with E-state index in [1.54, 1.807) is 48.9 Å². The summed E-state index contributed by atoms with van der Waals surface area (Å²) in [6.45, 7) is 5.12. The van der Waals surface area contributed by atoms with Crippen molar-refractivity contribution in [2.75, 3.05) is 24.9 Å². The lowest BCUT2D eigenvalue weighted by atomic mass is 10.1. The van der Waals surface area contributed by atoms with Gasteiger partial charge >= 0.3 is 0 Å². The van der Waals surface area contributed by atoms with Crippen molar-refractivity contribution in [1.82, 2.24) is 14.5 Å². The number of hydrogen-bond donors (Lipinski definition) is 1. The molecule has 1 aromatic carbocycles. The van der Waals surface area contributed by atoms with Crippen molar-refractivity contribution in [2.24, 2.45) is 7.05 Å². The van der Waals surface area contributed by atoms with Gasteiger partial charge in [0.25, 0.3) is 15.9 Å². The molecule has 1 N–H and O–H groups in total. The number of benzene rings is 1. The summed E-state index contributed by atoms with van der Waals surface area (Å²) < 4.78 is 36.1. The van der Waals surface area contributed by atoms with Crippen LogP contribution in [0.1, 0.15) is 40.3 Å². The maximum absolute atomic E-state index is 13.2. The van der Waals surface area contributed by atoms with Crippen LogP contribution in [0.25, 0.3) is 10.7 Å². The largest absolute Gasteiger partial charge is 0.495 e. The lowest BCUT2D eigenvalue weighted by molar-refractivity contribution is 0.0728. The minimum atomic E-state index is -3.87. The van der Waals surface area contributed by atoms with Crippen molar-refractivity contribution in [3.63, 3.8) is 0 Å². The van der Waals surface area contributed by atoms with Crippen LogP contribution >= 0.6 is 11.3 Å². The zero-order valence-corrected chi connectivity index (χ0v) is 20.8.